The number of phenolic OH excluding ortho intramolecular Hbond substituents is 1. The Morgan fingerprint density at radius 1 is 1.44 bits per heavy atom. The van der Waals surface area contributed by atoms with Crippen molar-refractivity contribution in [3.8, 4) is 11.5 Å². The van der Waals surface area contributed by atoms with Gasteiger partial charge in [-0.2, -0.15) is 0 Å². The first-order chi connectivity index (χ1) is 8.60. The highest BCUT2D eigenvalue weighted by Crippen LogP contribution is 2.27. The molecule has 18 heavy (non-hydrogen) atoms. The summed E-state index contributed by atoms with van der Waals surface area (Å²) in [5.74, 6) is 0.714. The van der Waals surface area contributed by atoms with Gasteiger partial charge in [0, 0.05) is 19.1 Å². The van der Waals surface area contributed by atoms with Crippen LogP contribution in [0.25, 0.3) is 0 Å². The smallest absolute Gasteiger partial charge is 0.160 e. The molecule has 0 saturated carbocycles. The number of rotatable bonds is 3. The number of ether oxygens (including phenoxy) is 2. The second kappa shape index (κ2) is 5.59. The van der Waals surface area contributed by atoms with Crippen LogP contribution < -0.4 is 4.74 Å². The van der Waals surface area contributed by atoms with Crippen LogP contribution in [-0.4, -0.2) is 42.4 Å². The van der Waals surface area contributed by atoms with Crippen LogP contribution in [0, 0.1) is 0 Å². The quantitative estimate of drug-likeness (QED) is 0.892. The molecule has 1 N–H and O–H groups in total. The van der Waals surface area contributed by atoms with Gasteiger partial charge in [-0.1, -0.05) is 6.07 Å². The highest BCUT2D eigenvalue weighted by atomic mass is 16.5. The number of aromatic hydroxyl groups is 1. The minimum atomic E-state index is 0.185. The Kier molecular flexibility index (Phi) is 4.09. The predicted octanol–water partition coefficient (Wildman–Crippen LogP) is 2.01. The maximum atomic E-state index is 9.58. The van der Waals surface area contributed by atoms with Gasteiger partial charge in [0.1, 0.15) is 0 Å². The number of hydrogen-bond donors (Lipinski definition) is 1. The molecule has 1 aliphatic rings. The van der Waals surface area contributed by atoms with E-state index in [0.29, 0.717) is 11.8 Å². The van der Waals surface area contributed by atoms with Crippen molar-refractivity contribution in [3.63, 3.8) is 0 Å². The molecule has 1 aromatic rings. The van der Waals surface area contributed by atoms with Crippen molar-refractivity contribution in [1.29, 1.82) is 0 Å². The van der Waals surface area contributed by atoms with E-state index < -0.39 is 0 Å². The van der Waals surface area contributed by atoms with Gasteiger partial charge in [-0.3, -0.25) is 4.90 Å². The third-order valence-corrected chi connectivity index (χ3v) is 3.37. The Morgan fingerprint density at radius 2 is 2.22 bits per heavy atom. The summed E-state index contributed by atoms with van der Waals surface area (Å²) in [6.07, 6.45) is 0.278. The molecule has 1 heterocycles. The molecule has 4 heteroatoms. The molecule has 0 bridgehead atoms. The van der Waals surface area contributed by atoms with E-state index in [0.717, 1.165) is 25.3 Å². The molecule has 100 valence electrons. The fourth-order valence-electron chi connectivity index (χ4n) is 2.25. The summed E-state index contributed by atoms with van der Waals surface area (Å²) in [6.45, 7) is 6.83. The van der Waals surface area contributed by atoms with E-state index in [4.69, 9.17) is 9.47 Å². The van der Waals surface area contributed by atoms with Gasteiger partial charge in [0.15, 0.2) is 11.5 Å². The van der Waals surface area contributed by atoms with Crippen molar-refractivity contribution in [1.82, 2.24) is 4.90 Å². The first-order valence-electron chi connectivity index (χ1n) is 6.31. The van der Waals surface area contributed by atoms with Gasteiger partial charge in [-0.05, 0) is 31.5 Å². The molecule has 2 unspecified atom stereocenters. The minimum absolute atomic E-state index is 0.185. The summed E-state index contributed by atoms with van der Waals surface area (Å²) in [7, 11) is 1.57. The van der Waals surface area contributed by atoms with Gasteiger partial charge in [0.2, 0.25) is 0 Å². The Balaban J connectivity index is 2.08. The lowest BCUT2D eigenvalue weighted by Gasteiger charge is -2.36. The van der Waals surface area contributed by atoms with E-state index in [1.54, 1.807) is 13.2 Å². The summed E-state index contributed by atoms with van der Waals surface area (Å²) in [6, 6.07) is 5.93. The van der Waals surface area contributed by atoms with Gasteiger partial charge in [0.05, 0.1) is 19.8 Å². The molecule has 0 aliphatic carbocycles. The van der Waals surface area contributed by atoms with Crippen molar-refractivity contribution >= 4 is 0 Å². The number of benzene rings is 1. The molecule has 1 saturated heterocycles. The molecular weight excluding hydrogens is 230 g/mol. The van der Waals surface area contributed by atoms with Crippen LogP contribution in [0.1, 0.15) is 19.4 Å². The lowest BCUT2D eigenvalue weighted by Crippen LogP contribution is -2.46. The number of phenols is 1. The topological polar surface area (TPSA) is 41.9 Å². The van der Waals surface area contributed by atoms with E-state index in [2.05, 4.69) is 18.7 Å². The molecule has 0 radical (unpaired) electrons. The minimum Gasteiger partial charge on any atom is -0.504 e. The van der Waals surface area contributed by atoms with Crippen LogP contribution in [0.2, 0.25) is 0 Å². The molecular formula is C14H21NO3. The normalized spacial score (nSPS) is 25.1. The van der Waals surface area contributed by atoms with Crippen molar-refractivity contribution < 1.29 is 14.6 Å². The monoisotopic (exact) mass is 251 g/mol. The summed E-state index contributed by atoms with van der Waals surface area (Å²) in [5, 5.41) is 9.58. The van der Waals surface area contributed by atoms with Crippen LogP contribution in [0.5, 0.6) is 11.5 Å². The van der Waals surface area contributed by atoms with Gasteiger partial charge in [-0.25, -0.2) is 0 Å². The molecule has 1 fully saturated rings. The number of nitrogens with zero attached hydrogens (tertiary/aromatic N) is 1. The van der Waals surface area contributed by atoms with Crippen molar-refractivity contribution in [2.24, 2.45) is 0 Å². The lowest BCUT2D eigenvalue weighted by atomic mass is 10.1. The van der Waals surface area contributed by atoms with E-state index in [1.165, 1.54) is 0 Å². The molecule has 0 aromatic heterocycles. The van der Waals surface area contributed by atoms with Crippen molar-refractivity contribution in [2.75, 3.05) is 20.3 Å². The molecule has 1 aromatic carbocycles. The fourth-order valence-corrected chi connectivity index (χ4v) is 2.25. The standard InChI is InChI=1S/C14H21NO3/c1-10-9-18-11(2)7-15(10)8-12-4-5-13(16)14(6-12)17-3/h4-6,10-11,16H,7-9H2,1-3H3. The Morgan fingerprint density at radius 3 is 2.94 bits per heavy atom. The van der Waals surface area contributed by atoms with E-state index >= 15 is 0 Å². The average molecular weight is 251 g/mol. The van der Waals surface area contributed by atoms with Gasteiger partial charge in [-0.15, -0.1) is 0 Å². The molecule has 1 aliphatic heterocycles. The maximum absolute atomic E-state index is 9.58. The predicted molar refractivity (Wildman–Crippen MR) is 69.9 cm³/mol. The highest BCUT2D eigenvalue weighted by Gasteiger charge is 2.23. The summed E-state index contributed by atoms with van der Waals surface area (Å²) >= 11 is 0. The summed E-state index contributed by atoms with van der Waals surface area (Å²) < 4.78 is 10.7. The third kappa shape index (κ3) is 2.94. The molecule has 4 nitrogen and oxygen atoms in total. The average Bonchev–Trinajstić information content (AvgIpc) is 2.36. The van der Waals surface area contributed by atoms with E-state index in [9.17, 15) is 5.11 Å². The Labute approximate surface area is 108 Å². The zero-order chi connectivity index (χ0) is 13.1. The molecule has 0 spiro atoms. The summed E-state index contributed by atoms with van der Waals surface area (Å²) in [5.41, 5.74) is 1.14. The van der Waals surface area contributed by atoms with E-state index in [-0.39, 0.29) is 11.9 Å². The number of hydrogen-bond acceptors (Lipinski definition) is 4. The largest absolute Gasteiger partial charge is 0.504 e. The zero-order valence-electron chi connectivity index (χ0n) is 11.2. The number of morpholine rings is 1. The van der Waals surface area contributed by atoms with Crippen LogP contribution in [0.15, 0.2) is 18.2 Å². The zero-order valence-corrected chi connectivity index (χ0v) is 11.2. The van der Waals surface area contributed by atoms with Gasteiger partial charge < -0.3 is 14.6 Å². The number of methoxy groups -OCH3 is 1. The molecule has 0 amide bonds. The van der Waals surface area contributed by atoms with Crippen LogP contribution in [0.3, 0.4) is 0 Å². The van der Waals surface area contributed by atoms with Crippen molar-refractivity contribution in [2.45, 2.75) is 32.5 Å². The third-order valence-electron chi connectivity index (χ3n) is 3.37. The first-order valence-corrected chi connectivity index (χ1v) is 6.31. The van der Waals surface area contributed by atoms with Crippen LogP contribution in [0.4, 0.5) is 0 Å². The van der Waals surface area contributed by atoms with Crippen LogP contribution in [-0.2, 0) is 11.3 Å². The molecule has 2 rings (SSSR count). The SMILES string of the molecule is COc1cc(CN2CC(C)OCC2C)ccc1O. The lowest BCUT2D eigenvalue weighted by molar-refractivity contribution is -0.0526. The molecule has 2 atom stereocenters. The van der Waals surface area contributed by atoms with Gasteiger partial charge in [0.25, 0.3) is 0 Å². The van der Waals surface area contributed by atoms with Crippen molar-refractivity contribution in [3.05, 3.63) is 23.8 Å². The summed E-state index contributed by atoms with van der Waals surface area (Å²) in [4.78, 5) is 2.39. The second-order valence-corrected chi connectivity index (χ2v) is 4.93. The Hall–Kier alpha value is -1.26. The fraction of sp³-hybridized carbons (Fsp3) is 0.571. The van der Waals surface area contributed by atoms with Crippen LogP contribution >= 0.6 is 0 Å². The highest BCUT2D eigenvalue weighted by molar-refractivity contribution is 5.41. The second-order valence-electron chi connectivity index (χ2n) is 4.93. The van der Waals surface area contributed by atoms with E-state index in [1.807, 2.05) is 12.1 Å². The Bertz CT molecular complexity index is 408. The maximum Gasteiger partial charge on any atom is 0.160 e. The first kappa shape index (κ1) is 13.2. The van der Waals surface area contributed by atoms with Gasteiger partial charge >= 0.3 is 0 Å².